The van der Waals surface area contributed by atoms with Gasteiger partial charge in [0.25, 0.3) is 5.91 Å². The molecule has 148 valence electrons. The summed E-state index contributed by atoms with van der Waals surface area (Å²) >= 11 is 5.27. The highest BCUT2D eigenvalue weighted by atomic mass is 32.1. The number of carbonyl (C=O) groups excluding carboxylic acids is 1. The number of piperazine rings is 1. The minimum Gasteiger partial charge on any atom is -0.497 e. The molecule has 2 aromatic rings. The second-order valence-electron chi connectivity index (χ2n) is 6.61. The quantitative estimate of drug-likeness (QED) is 0.756. The van der Waals surface area contributed by atoms with Crippen molar-refractivity contribution in [1.82, 2.24) is 10.2 Å². The highest BCUT2D eigenvalue weighted by molar-refractivity contribution is 7.80. The second-order valence-corrected chi connectivity index (χ2v) is 7.02. The number of anilines is 2. The molecule has 6 nitrogen and oxygen atoms in total. The van der Waals surface area contributed by atoms with Crippen LogP contribution in [0, 0.1) is 0 Å². The first-order valence-corrected chi connectivity index (χ1v) is 9.83. The molecule has 2 N–H and O–H groups in total. The molecule has 28 heavy (non-hydrogen) atoms. The Morgan fingerprint density at radius 1 is 1.11 bits per heavy atom. The van der Waals surface area contributed by atoms with E-state index in [1.807, 2.05) is 12.1 Å². The van der Waals surface area contributed by atoms with E-state index in [2.05, 4.69) is 39.5 Å². The molecule has 0 unspecified atom stereocenters. The Labute approximate surface area is 171 Å². The molecule has 3 rings (SSSR count). The van der Waals surface area contributed by atoms with Crippen molar-refractivity contribution >= 4 is 34.6 Å². The molecule has 1 aliphatic rings. The number of nitrogens with zero attached hydrogens (tertiary/aromatic N) is 2. The maximum atomic E-state index is 12.3. The molecule has 1 aliphatic heterocycles. The van der Waals surface area contributed by atoms with Crippen LogP contribution in [0.2, 0.25) is 0 Å². The van der Waals surface area contributed by atoms with Crippen LogP contribution in [-0.4, -0.2) is 55.8 Å². The Hall–Kier alpha value is -2.64. The molecule has 1 heterocycles. The van der Waals surface area contributed by atoms with Gasteiger partial charge in [0.1, 0.15) is 5.75 Å². The van der Waals surface area contributed by atoms with Gasteiger partial charge in [0.2, 0.25) is 0 Å². The summed E-state index contributed by atoms with van der Waals surface area (Å²) in [5.74, 6) is 0.351. The van der Waals surface area contributed by atoms with Gasteiger partial charge < -0.3 is 19.9 Å². The van der Waals surface area contributed by atoms with Gasteiger partial charge in [0.05, 0.1) is 7.11 Å². The summed E-state index contributed by atoms with van der Waals surface area (Å²) in [4.78, 5) is 17.2. The lowest BCUT2D eigenvalue weighted by Gasteiger charge is -2.35. The van der Waals surface area contributed by atoms with Gasteiger partial charge in [-0.15, -0.1) is 0 Å². The smallest absolute Gasteiger partial charge is 0.257 e. The van der Waals surface area contributed by atoms with Crippen molar-refractivity contribution in [2.45, 2.75) is 6.92 Å². The Balaban J connectivity index is 1.53. The van der Waals surface area contributed by atoms with E-state index in [0.717, 1.165) is 38.4 Å². The van der Waals surface area contributed by atoms with Crippen molar-refractivity contribution in [3.63, 3.8) is 0 Å². The van der Waals surface area contributed by atoms with Crippen molar-refractivity contribution in [2.75, 3.05) is 50.1 Å². The van der Waals surface area contributed by atoms with Gasteiger partial charge in [-0.05, 0) is 61.2 Å². The molecular formula is C21H26N4O2S. The molecule has 0 bridgehead atoms. The van der Waals surface area contributed by atoms with E-state index >= 15 is 0 Å². The van der Waals surface area contributed by atoms with E-state index in [0.29, 0.717) is 11.3 Å². The number of thiocarbonyl (C=S) groups is 1. The molecule has 0 saturated carbocycles. The Kier molecular flexibility index (Phi) is 6.84. The molecule has 0 aliphatic carbocycles. The van der Waals surface area contributed by atoms with E-state index in [-0.39, 0.29) is 11.0 Å². The fraction of sp³-hybridized carbons (Fsp3) is 0.333. The molecule has 1 amide bonds. The van der Waals surface area contributed by atoms with Crippen LogP contribution >= 0.6 is 12.2 Å². The zero-order valence-corrected chi connectivity index (χ0v) is 17.1. The lowest BCUT2D eigenvalue weighted by Crippen LogP contribution is -2.46. The van der Waals surface area contributed by atoms with Gasteiger partial charge in [-0.1, -0.05) is 13.0 Å². The van der Waals surface area contributed by atoms with Crippen molar-refractivity contribution in [1.29, 1.82) is 0 Å². The number of hydrogen-bond donors (Lipinski definition) is 2. The fourth-order valence-electron chi connectivity index (χ4n) is 3.18. The van der Waals surface area contributed by atoms with Crippen LogP contribution in [0.15, 0.2) is 48.5 Å². The average Bonchev–Trinajstić information content (AvgIpc) is 2.74. The standard InChI is InChI=1S/C21H26N4O2S/c1-3-24-11-13-25(14-12-24)18-9-7-17(8-10-18)22-21(28)23-20(26)16-5-4-6-19(15-16)27-2/h4-10,15H,3,11-14H2,1-2H3,(H2,22,23,26,28). The number of benzene rings is 2. The van der Waals surface area contributed by atoms with Crippen molar-refractivity contribution in [3.8, 4) is 5.75 Å². The second kappa shape index (κ2) is 9.52. The SMILES string of the molecule is CCN1CCN(c2ccc(NC(=S)NC(=O)c3cccc(OC)c3)cc2)CC1. The van der Waals surface area contributed by atoms with Gasteiger partial charge in [-0.3, -0.25) is 10.1 Å². The summed E-state index contributed by atoms with van der Waals surface area (Å²) in [7, 11) is 1.57. The minimum absolute atomic E-state index is 0.261. The maximum Gasteiger partial charge on any atom is 0.257 e. The van der Waals surface area contributed by atoms with Crippen LogP contribution in [-0.2, 0) is 0 Å². The number of ether oxygens (including phenoxy) is 1. The van der Waals surface area contributed by atoms with Gasteiger partial charge in [-0.2, -0.15) is 0 Å². The van der Waals surface area contributed by atoms with Gasteiger partial charge in [0, 0.05) is 43.1 Å². The van der Waals surface area contributed by atoms with Crippen molar-refractivity contribution in [3.05, 3.63) is 54.1 Å². The molecule has 0 radical (unpaired) electrons. The zero-order valence-electron chi connectivity index (χ0n) is 16.3. The Bertz CT molecular complexity index is 817. The third-order valence-electron chi connectivity index (χ3n) is 4.87. The number of nitrogens with one attached hydrogen (secondary N) is 2. The summed E-state index contributed by atoms with van der Waals surface area (Å²) in [5.41, 5.74) is 2.53. The Morgan fingerprint density at radius 3 is 2.46 bits per heavy atom. The van der Waals surface area contributed by atoms with Crippen LogP contribution in [0.4, 0.5) is 11.4 Å². The number of amides is 1. The third-order valence-corrected chi connectivity index (χ3v) is 5.07. The molecule has 0 atom stereocenters. The van der Waals surface area contributed by atoms with Crippen LogP contribution in [0.25, 0.3) is 0 Å². The number of likely N-dealkylation sites (N-methyl/N-ethyl adjacent to an activating group) is 1. The maximum absolute atomic E-state index is 12.3. The third kappa shape index (κ3) is 5.21. The number of hydrogen-bond acceptors (Lipinski definition) is 5. The summed E-state index contributed by atoms with van der Waals surface area (Å²) in [6.07, 6.45) is 0. The van der Waals surface area contributed by atoms with E-state index in [1.165, 1.54) is 5.69 Å². The van der Waals surface area contributed by atoms with Gasteiger partial charge in [-0.25, -0.2) is 0 Å². The predicted molar refractivity (Wildman–Crippen MR) is 117 cm³/mol. The average molecular weight is 399 g/mol. The van der Waals surface area contributed by atoms with Crippen molar-refractivity contribution < 1.29 is 9.53 Å². The van der Waals surface area contributed by atoms with Crippen LogP contribution < -0.4 is 20.3 Å². The highest BCUT2D eigenvalue weighted by Crippen LogP contribution is 2.19. The summed E-state index contributed by atoms with van der Waals surface area (Å²) in [5, 5.41) is 6.02. The lowest BCUT2D eigenvalue weighted by molar-refractivity contribution is 0.0977. The predicted octanol–water partition coefficient (Wildman–Crippen LogP) is 2.96. The van der Waals surface area contributed by atoms with E-state index < -0.39 is 0 Å². The first kappa shape index (κ1) is 20.1. The van der Waals surface area contributed by atoms with Crippen LogP contribution in [0.5, 0.6) is 5.75 Å². The summed E-state index contributed by atoms with van der Waals surface area (Å²) < 4.78 is 5.14. The first-order chi connectivity index (χ1) is 13.6. The highest BCUT2D eigenvalue weighted by Gasteiger charge is 2.15. The largest absolute Gasteiger partial charge is 0.497 e. The van der Waals surface area contributed by atoms with Gasteiger partial charge >= 0.3 is 0 Å². The van der Waals surface area contributed by atoms with E-state index in [1.54, 1.807) is 31.4 Å². The van der Waals surface area contributed by atoms with E-state index in [9.17, 15) is 4.79 Å². The fourth-order valence-corrected chi connectivity index (χ4v) is 3.39. The summed E-state index contributed by atoms with van der Waals surface area (Å²) in [6.45, 7) is 7.57. The number of rotatable bonds is 5. The molecular weight excluding hydrogens is 372 g/mol. The van der Waals surface area contributed by atoms with Crippen LogP contribution in [0.3, 0.4) is 0 Å². The lowest BCUT2D eigenvalue weighted by atomic mass is 10.2. The van der Waals surface area contributed by atoms with E-state index in [4.69, 9.17) is 17.0 Å². The van der Waals surface area contributed by atoms with Crippen LogP contribution in [0.1, 0.15) is 17.3 Å². The molecule has 7 heteroatoms. The molecule has 2 aromatic carbocycles. The van der Waals surface area contributed by atoms with Crippen molar-refractivity contribution in [2.24, 2.45) is 0 Å². The normalized spacial score (nSPS) is 14.4. The first-order valence-electron chi connectivity index (χ1n) is 9.43. The Morgan fingerprint density at radius 2 is 1.82 bits per heavy atom. The number of carbonyl (C=O) groups is 1. The number of methoxy groups -OCH3 is 1. The summed E-state index contributed by atoms with van der Waals surface area (Å²) in [6, 6.07) is 15.1. The monoisotopic (exact) mass is 398 g/mol. The minimum atomic E-state index is -0.276. The molecule has 0 spiro atoms. The molecule has 1 saturated heterocycles. The molecule has 1 fully saturated rings. The van der Waals surface area contributed by atoms with Gasteiger partial charge in [0.15, 0.2) is 5.11 Å². The topological polar surface area (TPSA) is 56.8 Å². The molecule has 0 aromatic heterocycles. The zero-order chi connectivity index (χ0) is 19.9.